The number of carbonyl (C=O) groups is 1. The van der Waals surface area contributed by atoms with E-state index in [1.54, 1.807) is 0 Å². The number of halogens is 3. The molecule has 0 atom stereocenters. The van der Waals surface area contributed by atoms with E-state index in [1.807, 2.05) is 0 Å². The summed E-state index contributed by atoms with van der Waals surface area (Å²) in [7, 11) is -5.04. The van der Waals surface area contributed by atoms with Crippen LogP contribution in [0.3, 0.4) is 0 Å². The zero-order valence-corrected chi connectivity index (χ0v) is 8.71. The molecule has 0 unspecified atom stereocenters. The zero-order valence-electron chi connectivity index (χ0n) is 7.89. The van der Waals surface area contributed by atoms with Crippen molar-refractivity contribution < 1.29 is 36.0 Å². The zero-order chi connectivity index (χ0) is 13.4. The minimum absolute atomic E-state index is 0.415. The van der Waals surface area contributed by atoms with Crippen molar-refractivity contribution >= 4 is 16.1 Å². The predicted octanol–water partition coefficient (Wildman–Crippen LogP) is 1.65. The second-order valence-corrected chi connectivity index (χ2v) is 4.35. The first-order chi connectivity index (χ1) is 7.55. The molecule has 94 valence electrons. The molecule has 0 amide bonds. The molecule has 17 heavy (non-hydrogen) atoms. The highest BCUT2D eigenvalue weighted by Crippen LogP contribution is 2.34. The van der Waals surface area contributed by atoms with Crippen LogP contribution in [0.1, 0.15) is 15.9 Å². The maximum absolute atomic E-state index is 12.4. The van der Waals surface area contributed by atoms with Crippen LogP contribution < -0.4 is 0 Å². The topological polar surface area (TPSA) is 91.7 Å². The summed E-state index contributed by atoms with van der Waals surface area (Å²) in [6, 6.07) is 1.69. The van der Waals surface area contributed by atoms with Gasteiger partial charge in [-0.25, -0.2) is 4.79 Å². The third-order valence-electron chi connectivity index (χ3n) is 1.82. The predicted molar refractivity (Wildman–Crippen MR) is 48.2 cm³/mol. The van der Waals surface area contributed by atoms with E-state index in [1.165, 1.54) is 0 Å². The molecular weight excluding hydrogens is 265 g/mol. The van der Waals surface area contributed by atoms with Crippen LogP contribution in [0.2, 0.25) is 0 Å². The normalized spacial score (nSPS) is 12.5. The molecular formula is C8H5F3O5S. The van der Waals surface area contributed by atoms with Gasteiger partial charge in [-0.1, -0.05) is 6.07 Å². The van der Waals surface area contributed by atoms with Crippen molar-refractivity contribution in [3.8, 4) is 0 Å². The molecule has 0 bridgehead atoms. The van der Waals surface area contributed by atoms with Gasteiger partial charge in [0.25, 0.3) is 10.1 Å². The van der Waals surface area contributed by atoms with Crippen LogP contribution in [0.25, 0.3) is 0 Å². The number of carboxylic acids is 1. The summed E-state index contributed by atoms with van der Waals surface area (Å²) in [5, 5.41) is 8.60. The number of hydrogen-bond donors (Lipinski definition) is 2. The van der Waals surface area contributed by atoms with Gasteiger partial charge in [0.05, 0.1) is 11.1 Å². The molecule has 0 aliphatic carbocycles. The fraction of sp³-hybridized carbons (Fsp3) is 0.125. The smallest absolute Gasteiger partial charge is 0.417 e. The fourth-order valence-electron chi connectivity index (χ4n) is 1.20. The molecule has 2 N–H and O–H groups in total. The van der Waals surface area contributed by atoms with Gasteiger partial charge in [-0.3, -0.25) is 4.55 Å². The highest BCUT2D eigenvalue weighted by molar-refractivity contribution is 7.86. The van der Waals surface area contributed by atoms with Gasteiger partial charge in [0.1, 0.15) is 4.90 Å². The number of alkyl halides is 3. The minimum atomic E-state index is -5.04. The Hall–Kier alpha value is -1.61. The lowest BCUT2D eigenvalue weighted by Gasteiger charge is -2.12. The van der Waals surface area contributed by atoms with Gasteiger partial charge in [0, 0.05) is 0 Å². The van der Waals surface area contributed by atoms with Crippen molar-refractivity contribution in [1.82, 2.24) is 0 Å². The average Bonchev–Trinajstić information content (AvgIpc) is 2.13. The molecule has 9 heteroatoms. The Morgan fingerprint density at radius 1 is 1.24 bits per heavy atom. The molecule has 0 saturated carbocycles. The van der Waals surface area contributed by atoms with Gasteiger partial charge in [-0.15, -0.1) is 0 Å². The van der Waals surface area contributed by atoms with E-state index >= 15 is 0 Å². The van der Waals surface area contributed by atoms with Gasteiger partial charge in [0.15, 0.2) is 0 Å². The second-order valence-electron chi connectivity index (χ2n) is 2.96. The lowest BCUT2D eigenvalue weighted by atomic mass is 10.1. The number of rotatable bonds is 2. The third kappa shape index (κ3) is 2.74. The molecule has 0 saturated heterocycles. The number of hydrogen-bond acceptors (Lipinski definition) is 3. The lowest BCUT2D eigenvalue weighted by molar-refractivity contribution is -0.138. The van der Waals surface area contributed by atoms with Gasteiger partial charge in [0.2, 0.25) is 0 Å². The maximum Gasteiger partial charge on any atom is 0.417 e. The molecule has 0 aromatic heterocycles. The summed E-state index contributed by atoms with van der Waals surface area (Å²) in [5.74, 6) is -2.09. The van der Waals surface area contributed by atoms with Crippen LogP contribution in [0.15, 0.2) is 23.1 Å². The molecule has 0 aliphatic rings. The van der Waals surface area contributed by atoms with Gasteiger partial charge >= 0.3 is 12.1 Å². The largest absolute Gasteiger partial charge is 0.478 e. The minimum Gasteiger partial charge on any atom is -0.478 e. The molecule has 0 heterocycles. The number of benzene rings is 1. The monoisotopic (exact) mass is 270 g/mol. The van der Waals surface area contributed by atoms with E-state index in [0.29, 0.717) is 18.2 Å². The Balaban J connectivity index is 3.73. The molecule has 0 radical (unpaired) electrons. The van der Waals surface area contributed by atoms with E-state index < -0.39 is 38.3 Å². The fourth-order valence-corrected chi connectivity index (χ4v) is 1.91. The van der Waals surface area contributed by atoms with Crippen molar-refractivity contribution in [3.05, 3.63) is 29.3 Å². The quantitative estimate of drug-likeness (QED) is 0.797. The highest BCUT2D eigenvalue weighted by Gasteiger charge is 2.38. The van der Waals surface area contributed by atoms with E-state index in [9.17, 15) is 26.4 Å². The summed E-state index contributed by atoms with van der Waals surface area (Å²) in [6.07, 6.45) is -5.03. The van der Waals surface area contributed by atoms with Crippen molar-refractivity contribution in [3.63, 3.8) is 0 Å². The summed E-state index contributed by atoms with van der Waals surface area (Å²) < 4.78 is 67.5. The summed E-state index contributed by atoms with van der Waals surface area (Å²) in [6.45, 7) is 0. The summed E-state index contributed by atoms with van der Waals surface area (Å²) in [5.41, 5.74) is -3.14. The van der Waals surface area contributed by atoms with Crippen molar-refractivity contribution in [1.29, 1.82) is 0 Å². The van der Waals surface area contributed by atoms with E-state index in [-0.39, 0.29) is 0 Å². The van der Waals surface area contributed by atoms with Gasteiger partial charge < -0.3 is 5.11 Å². The van der Waals surface area contributed by atoms with Crippen molar-refractivity contribution in [2.75, 3.05) is 0 Å². The summed E-state index contributed by atoms with van der Waals surface area (Å²) >= 11 is 0. The standard InChI is InChI=1S/C8H5F3O5S/c9-8(10,11)4-2-1-3-5(17(14,15)16)6(4)7(12)13/h1-3H,(H,12,13)(H,14,15,16). The molecule has 5 nitrogen and oxygen atoms in total. The molecule has 1 rings (SSSR count). The van der Waals surface area contributed by atoms with Crippen molar-refractivity contribution in [2.45, 2.75) is 11.1 Å². The number of carboxylic acid groups (broad SMARTS) is 1. The van der Waals surface area contributed by atoms with Crippen LogP contribution in [-0.2, 0) is 16.3 Å². The molecule has 0 spiro atoms. The first-order valence-electron chi connectivity index (χ1n) is 3.96. The lowest BCUT2D eigenvalue weighted by Crippen LogP contribution is -2.17. The van der Waals surface area contributed by atoms with Crippen LogP contribution in [0, 0.1) is 0 Å². The molecule has 1 aromatic rings. The Bertz CT molecular complexity index is 561. The molecule has 0 aliphatic heterocycles. The Morgan fingerprint density at radius 2 is 1.76 bits per heavy atom. The highest BCUT2D eigenvalue weighted by atomic mass is 32.2. The van der Waals surface area contributed by atoms with Gasteiger partial charge in [-0.2, -0.15) is 21.6 Å². The van der Waals surface area contributed by atoms with E-state index in [0.717, 1.165) is 0 Å². The van der Waals surface area contributed by atoms with Crippen LogP contribution >= 0.6 is 0 Å². The second kappa shape index (κ2) is 4.00. The van der Waals surface area contributed by atoms with Crippen LogP contribution in [0.5, 0.6) is 0 Å². The third-order valence-corrected chi connectivity index (χ3v) is 2.72. The maximum atomic E-state index is 12.4. The van der Waals surface area contributed by atoms with Crippen molar-refractivity contribution in [2.24, 2.45) is 0 Å². The Kier molecular flexibility index (Phi) is 3.17. The molecule has 0 fully saturated rings. The average molecular weight is 270 g/mol. The SMILES string of the molecule is O=C(O)c1c(C(F)(F)F)cccc1S(=O)(=O)O. The first kappa shape index (κ1) is 13.5. The Labute approximate surface area is 93.2 Å². The molecule has 1 aromatic carbocycles. The van der Waals surface area contributed by atoms with Gasteiger partial charge in [-0.05, 0) is 12.1 Å². The first-order valence-corrected chi connectivity index (χ1v) is 5.40. The van der Waals surface area contributed by atoms with E-state index in [2.05, 4.69) is 0 Å². The number of aromatic carboxylic acids is 1. The van der Waals surface area contributed by atoms with Crippen LogP contribution in [-0.4, -0.2) is 24.0 Å². The summed E-state index contributed by atoms with van der Waals surface area (Å²) in [4.78, 5) is 9.37. The van der Waals surface area contributed by atoms with E-state index in [4.69, 9.17) is 9.66 Å². The van der Waals surface area contributed by atoms with Crippen LogP contribution in [0.4, 0.5) is 13.2 Å². The Morgan fingerprint density at radius 3 is 2.12 bits per heavy atom.